The van der Waals surface area contributed by atoms with Crippen molar-refractivity contribution in [1.29, 1.82) is 0 Å². The van der Waals surface area contributed by atoms with Crippen LogP contribution in [0.4, 0.5) is 4.39 Å². The lowest BCUT2D eigenvalue weighted by Crippen LogP contribution is -2.59. The van der Waals surface area contributed by atoms with E-state index in [-0.39, 0.29) is 11.9 Å². The fraction of sp³-hybridized carbons (Fsp3) is 0.586. The minimum atomic E-state index is -0.116. The van der Waals surface area contributed by atoms with E-state index in [2.05, 4.69) is 41.1 Å². The quantitative estimate of drug-likeness (QED) is 0.623. The van der Waals surface area contributed by atoms with Gasteiger partial charge < -0.3 is 10.1 Å². The molecule has 0 radical (unpaired) electrons. The van der Waals surface area contributed by atoms with Crippen LogP contribution in [0.5, 0.6) is 5.75 Å². The van der Waals surface area contributed by atoms with Crippen LogP contribution in [0, 0.1) is 11.2 Å². The Kier molecular flexibility index (Phi) is 6.97. The van der Waals surface area contributed by atoms with Crippen molar-refractivity contribution in [2.24, 2.45) is 5.41 Å². The maximum atomic E-state index is 14.5. The Morgan fingerprint density at radius 2 is 1.79 bits per heavy atom. The molecule has 3 aliphatic rings. The number of benzene rings is 2. The molecular formula is C29H40FN3O. The Morgan fingerprint density at radius 1 is 1.06 bits per heavy atom. The highest BCUT2D eigenvalue weighted by atomic mass is 19.1. The van der Waals surface area contributed by atoms with Gasteiger partial charge in [0.25, 0.3) is 0 Å². The monoisotopic (exact) mass is 465 g/mol. The van der Waals surface area contributed by atoms with Crippen LogP contribution in [0.1, 0.15) is 68.2 Å². The van der Waals surface area contributed by atoms with Gasteiger partial charge in [0.1, 0.15) is 11.6 Å². The lowest BCUT2D eigenvalue weighted by atomic mass is 9.60. The molecule has 1 aliphatic carbocycles. The summed E-state index contributed by atoms with van der Waals surface area (Å²) in [6.45, 7) is 10.7. The summed E-state index contributed by atoms with van der Waals surface area (Å²) < 4.78 is 19.9. The SMILES string of the molecule is COc1ccc(CN2CCN(C3CC4(CCNCC4)C3)C(c3cc(F)ccc3C(C)C)C2)cc1. The van der Waals surface area contributed by atoms with E-state index in [9.17, 15) is 4.39 Å². The van der Waals surface area contributed by atoms with Crippen molar-refractivity contribution >= 4 is 0 Å². The van der Waals surface area contributed by atoms with Gasteiger partial charge in [-0.3, -0.25) is 9.80 Å². The highest BCUT2D eigenvalue weighted by Gasteiger charge is 2.49. The van der Waals surface area contributed by atoms with E-state index < -0.39 is 0 Å². The molecule has 2 aliphatic heterocycles. The molecule has 1 N–H and O–H groups in total. The number of rotatable bonds is 6. The van der Waals surface area contributed by atoms with Gasteiger partial charge >= 0.3 is 0 Å². The third-order valence-electron chi connectivity index (χ3n) is 8.57. The molecule has 3 fully saturated rings. The van der Waals surface area contributed by atoms with Gasteiger partial charge in [-0.2, -0.15) is 0 Å². The normalized spacial score (nSPS) is 23.9. The van der Waals surface area contributed by atoms with Gasteiger partial charge in [0.05, 0.1) is 7.11 Å². The summed E-state index contributed by atoms with van der Waals surface area (Å²) in [5, 5.41) is 3.53. The Balaban J connectivity index is 1.38. The van der Waals surface area contributed by atoms with Crippen molar-refractivity contribution in [2.75, 3.05) is 39.8 Å². The number of hydrogen-bond donors (Lipinski definition) is 1. The highest BCUT2D eigenvalue weighted by molar-refractivity contribution is 5.34. The maximum Gasteiger partial charge on any atom is 0.123 e. The molecule has 0 bridgehead atoms. The largest absolute Gasteiger partial charge is 0.497 e. The predicted octanol–water partition coefficient (Wildman–Crippen LogP) is 5.35. The van der Waals surface area contributed by atoms with Crippen molar-refractivity contribution in [3.05, 3.63) is 65.0 Å². The zero-order chi connectivity index (χ0) is 23.7. The van der Waals surface area contributed by atoms with E-state index in [1.165, 1.54) is 42.4 Å². The molecule has 184 valence electrons. The summed E-state index contributed by atoms with van der Waals surface area (Å²) in [6, 6.07) is 14.7. The number of piperidine rings is 1. The number of halogens is 1. The Morgan fingerprint density at radius 3 is 2.47 bits per heavy atom. The van der Waals surface area contributed by atoms with Crippen LogP contribution in [-0.4, -0.2) is 55.7 Å². The van der Waals surface area contributed by atoms with Crippen molar-refractivity contribution in [3.8, 4) is 5.75 Å². The smallest absolute Gasteiger partial charge is 0.123 e. The van der Waals surface area contributed by atoms with E-state index in [0.29, 0.717) is 17.4 Å². The summed E-state index contributed by atoms with van der Waals surface area (Å²) in [6.07, 6.45) is 5.22. The van der Waals surface area contributed by atoms with Gasteiger partial charge in [-0.25, -0.2) is 4.39 Å². The first-order chi connectivity index (χ1) is 16.5. The van der Waals surface area contributed by atoms with Gasteiger partial charge in [-0.1, -0.05) is 32.0 Å². The second kappa shape index (κ2) is 9.96. The Labute approximate surface area is 204 Å². The molecule has 4 nitrogen and oxygen atoms in total. The van der Waals surface area contributed by atoms with Crippen molar-refractivity contribution in [2.45, 2.75) is 64.1 Å². The zero-order valence-electron chi connectivity index (χ0n) is 21.0. The molecule has 1 unspecified atom stereocenters. The van der Waals surface area contributed by atoms with E-state index in [0.717, 1.165) is 45.0 Å². The minimum Gasteiger partial charge on any atom is -0.497 e. The molecule has 34 heavy (non-hydrogen) atoms. The molecule has 1 spiro atoms. The van der Waals surface area contributed by atoms with Crippen LogP contribution in [0.3, 0.4) is 0 Å². The molecule has 2 heterocycles. The second-order valence-electron chi connectivity index (χ2n) is 11.1. The molecule has 2 aromatic rings. The first-order valence-electron chi connectivity index (χ1n) is 13.1. The van der Waals surface area contributed by atoms with Crippen LogP contribution >= 0.6 is 0 Å². The van der Waals surface area contributed by atoms with Gasteiger partial charge in [-0.05, 0) is 91.1 Å². The Hall–Kier alpha value is -1.95. The predicted molar refractivity (Wildman–Crippen MR) is 136 cm³/mol. The van der Waals surface area contributed by atoms with Gasteiger partial charge in [-0.15, -0.1) is 0 Å². The summed E-state index contributed by atoms with van der Waals surface area (Å²) in [7, 11) is 1.71. The third-order valence-corrected chi connectivity index (χ3v) is 8.57. The van der Waals surface area contributed by atoms with Crippen molar-refractivity contribution in [1.82, 2.24) is 15.1 Å². The van der Waals surface area contributed by atoms with Crippen molar-refractivity contribution < 1.29 is 9.13 Å². The molecular weight excluding hydrogens is 425 g/mol. The van der Waals surface area contributed by atoms with Crippen LogP contribution in [0.2, 0.25) is 0 Å². The van der Waals surface area contributed by atoms with Gasteiger partial charge in [0.15, 0.2) is 0 Å². The average Bonchev–Trinajstić information content (AvgIpc) is 2.83. The average molecular weight is 466 g/mol. The standard InChI is InChI=1S/C29H40FN3O/c1-21(2)26-9-6-23(30)16-27(26)28-20-32(19-22-4-7-25(34-3)8-5-22)14-15-33(28)24-17-29(18-24)10-12-31-13-11-29/h4-9,16,21,24,28,31H,10-15,17-20H2,1-3H3. The van der Waals surface area contributed by atoms with Crippen LogP contribution in [-0.2, 0) is 6.54 Å². The van der Waals surface area contributed by atoms with E-state index in [1.807, 2.05) is 24.3 Å². The molecule has 1 atom stereocenters. The number of hydrogen-bond acceptors (Lipinski definition) is 4. The zero-order valence-corrected chi connectivity index (χ0v) is 21.0. The van der Waals surface area contributed by atoms with Gasteiger partial charge in [0, 0.05) is 38.3 Å². The third kappa shape index (κ3) is 4.89. The molecule has 2 saturated heterocycles. The van der Waals surface area contributed by atoms with Crippen LogP contribution in [0.25, 0.3) is 0 Å². The lowest BCUT2D eigenvalue weighted by Gasteiger charge is -2.57. The summed E-state index contributed by atoms with van der Waals surface area (Å²) in [4.78, 5) is 5.29. The second-order valence-corrected chi connectivity index (χ2v) is 11.1. The fourth-order valence-electron chi connectivity index (χ4n) is 6.60. The summed E-state index contributed by atoms with van der Waals surface area (Å²) in [5.41, 5.74) is 4.33. The first kappa shape index (κ1) is 23.8. The topological polar surface area (TPSA) is 27.7 Å². The molecule has 0 aromatic heterocycles. The molecule has 0 amide bonds. The van der Waals surface area contributed by atoms with E-state index in [4.69, 9.17) is 4.74 Å². The number of methoxy groups -OCH3 is 1. The van der Waals surface area contributed by atoms with Gasteiger partial charge in [0.2, 0.25) is 0 Å². The number of piperazine rings is 1. The lowest BCUT2D eigenvalue weighted by molar-refractivity contribution is -0.0651. The summed E-state index contributed by atoms with van der Waals surface area (Å²) in [5.74, 6) is 1.16. The number of nitrogens with one attached hydrogen (secondary N) is 1. The molecule has 2 aromatic carbocycles. The van der Waals surface area contributed by atoms with E-state index >= 15 is 0 Å². The molecule has 1 saturated carbocycles. The minimum absolute atomic E-state index is 0.116. The first-order valence-corrected chi connectivity index (χ1v) is 13.1. The van der Waals surface area contributed by atoms with Crippen LogP contribution in [0.15, 0.2) is 42.5 Å². The van der Waals surface area contributed by atoms with E-state index in [1.54, 1.807) is 13.2 Å². The fourth-order valence-corrected chi connectivity index (χ4v) is 6.60. The molecule has 5 heteroatoms. The highest BCUT2D eigenvalue weighted by Crippen LogP contribution is 2.52. The van der Waals surface area contributed by atoms with Crippen molar-refractivity contribution in [3.63, 3.8) is 0 Å². The number of nitrogens with zero attached hydrogens (tertiary/aromatic N) is 2. The van der Waals surface area contributed by atoms with Crippen LogP contribution < -0.4 is 10.1 Å². The Bertz CT molecular complexity index is 962. The maximum absolute atomic E-state index is 14.5. The number of ether oxygens (including phenoxy) is 1. The summed E-state index contributed by atoms with van der Waals surface area (Å²) >= 11 is 0. The molecule has 5 rings (SSSR count).